The number of hydrogen-bond acceptors (Lipinski definition) is 3. The van der Waals surface area contributed by atoms with Crippen LogP contribution >= 0.6 is 0 Å². The van der Waals surface area contributed by atoms with Crippen molar-refractivity contribution >= 4 is 5.97 Å². The Kier molecular flexibility index (Phi) is 4.50. The first-order valence-electron chi connectivity index (χ1n) is 6.06. The number of carbonyl (C=O) groups is 1. The number of aliphatic carboxylic acids is 1. The third-order valence-electron chi connectivity index (χ3n) is 2.64. The predicted octanol–water partition coefficient (Wildman–Crippen LogP) is 2.33. The first-order chi connectivity index (χ1) is 9.24. The van der Waals surface area contributed by atoms with Crippen LogP contribution in [0.1, 0.15) is 11.1 Å². The molecule has 1 heterocycles. The molecule has 0 aliphatic rings. The fourth-order valence-electron chi connectivity index (χ4n) is 1.75. The molecule has 0 radical (unpaired) electrons. The predicted molar refractivity (Wildman–Crippen MR) is 71.2 cm³/mol. The number of benzene rings is 1. The molecular weight excluding hydrogens is 242 g/mol. The summed E-state index contributed by atoms with van der Waals surface area (Å²) in [5.74, 6) is -0.143. The molecule has 4 nitrogen and oxygen atoms in total. The molecule has 0 spiro atoms. The standard InChI is InChI=1S/C15H15NO3/c17-15(18)10-13-3-1-5-14(9-13)19-8-6-12-4-2-7-16-11-12/h1-5,7,9,11H,6,8,10H2,(H,17,18). The topological polar surface area (TPSA) is 59.4 Å². The van der Waals surface area contributed by atoms with E-state index < -0.39 is 5.97 Å². The first-order valence-corrected chi connectivity index (χ1v) is 6.06. The number of carboxylic acid groups (broad SMARTS) is 1. The lowest BCUT2D eigenvalue weighted by atomic mass is 10.1. The highest BCUT2D eigenvalue weighted by Crippen LogP contribution is 2.14. The Morgan fingerprint density at radius 2 is 2.05 bits per heavy atom. The molecule has 0 aliphatic heterocycles. The van der Waals surface area contributed by atoms with Gasteiger partial charge in [0.25, 0.3) is 0 Å². The lowest BCUT2D eigenvalue weighted by Gasteiger charge is -2.07. The van der Waals surface area contributed by atoms with Gasteiger partial charge in [-0.15, -0.1) is 0 Å². The quantitative estimate of drug-likeness (QED) is 0.862. The summed E-state index contributed by atoms with van der Waals surface area (Å²) in [6.07, 6.45) is 4.33. The molecule has 2 rings (SSSR count). The van der Waals surface area contributed by atoms with Gasteiger partial charge in [-0.2, -0.15) is 0 Å². The largest absolute Gasteiger partial charge is 0.493 e. The number of pyridine rings is 1. The van der Waals surface area contributed by atoms with Crippen molar-refractivity contribution in [1.82, 2.24) is 4.98 Å². The van der Waals surface area contributed by atoms with Gasteiger partial charge in [0, 0.05) is 18.8 Å². The van der Waals surface area contributed by atoms with Crippen LogP contribution in [0.25, 0.3) is 0 Å². The van der Waals surface area contributed by atoms with Crippen LogP contribution in [0.3, 0.4) is 0 Å². The van der Waals surface area contributed by atoms with Gasteiger partial charge in [0.05, 0.1) is 13.0 Å². The van der Waals surface area contributed by atoms with Crippen molar-refractivity contribution in [2.45, 2.75) is 12.8 Å². The molecule has 0 saturated carbocycles. The van der Waals surface area contributed by atoms with E-state index in [-0.39, 0.29) is 6.42 Å². The summed E-state index contributed by atoms with van der Waals surface area (Å²) >= 11 is 0. The maximum atomic E-state index is 10.6. The second-order valence-corrected chi connectivity index (χ2v) is 4.18. The summed E-state index contributed by atoms with van der Waals surface area (Å²) < 4.78 is 5.61. The van der Waals surface area contributed by atoms with Crippen LogP contribution in [0.5, 0.6) is 5.75 Å². The summed E-state index contributed by atoms with van der Waals surface area (Å²) in [7, 11) is 0. The molecule has 0 fully saturated rings. The van der Waals surface area contributed by atoms with Crippen molar-refractivity contribution < 1.29 is 14.6 Å². The van der Waals surface area contributed by atoms with E-state index >= 15 is 0 Å². The van der Waals surface area contributed by atoms with E-state index in [9.17, 15) is 4.79 Å². The van der Waals surface area contributed by atoms with Crippen molar-refractivity contribution in [2.75, 3.05) is 6.61 Å². The van der Waals surface area contributed by atoms with Gasteiger partial charge in [-0.1, -0.05) is 18.2 Å². The summed E-state index contributed by atoms with van der Waals surface area (Å²) in [4.78, 5) is 14.7. The summed E-state index contributed by atoms with van der Waals surface area (Å²) in [6.45, 7) is 0.544. The molecule has 0 saturated heterocycles. The number of nitrogens with zero attached hydrogens (tertiary/aromatic N) is 1. The number of rotatable bonds is 6. The Morgan fingerprint density at radius 3 is 2.79 bits per heavy atom. The molecule has 98 valence electrons. The lowest BCUT2D eigenvalue weighted by Crippen LogP contribution is -2.03. The zero-order valence-corrected chi connectivity index (χ0v) is 10.5. The average Bonchev–Trinajstić information content (AvgIpc) is 2.40. The highest BCUT2D eigenvalue weighted by molar-refractivity contribution is 5.70. The van der Waals surface area contributed by atoms with Crippen LogP contribution in [-0.2, 0) is 17.6 Å². The Bertz CT molecular complexity index is 540. The number of hydrogen-bond donors (Lipinski definition) is 1. The van der Waals surface area contributed by atoms with E-state index in [1.807, 2.05) is 24.4 Å². The molecule has 0 aliphatic carbocycles. The minimum atomic E-state index is -0.840. The smallest absolute Gasteiger partial charge is 0.307 e. The Balaban J connectivity index is 1.87. The van der Waals surface area contributed by atoms with Gasteiger partial charge in [0.15, 0.2) is 0 Å². The number of carboxylic acids is 1. The van der Waals surface area contributed by atoms with E-state index in [0.717, 1.165) is 17.5 Å². The molecule has 0 amide bonds. The van der Waals surface area contributed by atoms with Gasteiger partial charge in [0.2, 0.25) is 0 Å². The third-order valence-corrected chi connectivity index (χ3v) is 2.64. The molecule has 1 aromatic heterocycles. The van der Waals surface area contributed by atoms with Crippen LogP contribution in [0.2, 0.25) is 0 Å². The van der Waals surface area contributed by atoms with Gasteiger partial charge in [-0.3, -0.25) is 9.78 Å². The molecule has 4 heteroatoms. The second kappa shape index (κ2) is 6.54. The summed E-state index contributed by atoms with van der Waals surface area (Å²) in [5, 5.41) is 8.73. The monoisotopic (exact) mass is 257 g/mol. The fourth-order valence-corrected chi connectivity index (χ4v) is 1.75. The van der Waals surface area contributed by atoms with Gasteiger partial charge in [-0.05, 0) is 29.3 Å². The molecule has 0 bridgehead atoms. The minimum Gasteiger partial charge on any atom is -0.493 e. The van der Waals surface area contributed by atoms with Crippen molar-refractivity contribution in [3.05, 3.63) is 59.9 Å². The minimum absolute atomic E-state index is 0.0137. The lowest BCUT2D eigenvalue weighted by molar-refractivity contribution is -0.136. The van der Waals surface area contributed by atoms with Crippen molar-refractivity contribution in [3.63, 3.8) is 0 Å². The Labute approximate surface area is 111 Å². The highest BCUT2D eigenvalue weighted by Gasteiger charge is 2.02. The van der Waals surface area contributed by atoms with Crippen LogP contribution < -0.4 is 4.74 Å². The van der Waals surface area contributed by atoms with Crippen molar-refractivity contribution in [2.24, 2.45) is 0 Å². The van der Waals surface area contributed by atoms with Gasteiger partial charge >= 0.3 is 5.97 Å². The molecule has 2 aromatic rings. The Hall–Kier alpha value is -2.36. The third kappa shape index (κ3) is 4.43. The normalized spacial score (nSPS) is 10.1. The van der Waals surface area contributed by atoms with Crippen LogP contribution in [0.4, 0.5) is 0 Å². The van der Waals surface area contributed by atoms with E-state index in [0.29, 0.717) is 12.4 Å². The van der Waals surface area contributed by atoms with E-state index in [2.05, 4.69) is 4.98 Å². The molecule has 0 atom stereocenters. The zero-order chi connectivity index (χ0) is 13.5. The molecule has 19 heavy (non-hydrogen) atoms. The maximum absolute atomic E-state index is 10.6. The zero-order valence-electron chi connectivity index (χ0n) is 10.5. The molecule has 1 N–H and O–H groups in total. The second-order valence-electron chi connectivity index (χ2n) is 4.18. The molecule has 0 unspecified atom stereocenters. The number of aromatic nitrogens is 1. The van der Waals surface area contributed by atoms with E-state index in [4.69, 9.17) is 9.84 Å². The fraction of sp³-hybridized carbons (Fsp3) is 0.200. The average molecular weight is 257 g/mol. The number of ether oxygens (including phenoxy) is 1. The summed E-state index contributed by atoms with van der Waals surface area (Å²) in [5.41, 5.74) is 1.86. The van der Waals surface area contributed by atoms with Crippen LogP contribution in [0, 0.1) is 0 Å². The van der Waals surface area contributed by atoms with Gasteiger partial charge < -0.3 is 9.84 Å². The molecule has 1 aromatic carbocycles. The SMILES string of the molecule is O=C(O)Cc1cccc(OCCc2cccnc2)c1. The van der Waals surface area contributed by atoms with Crippen LogP contribution in [0.15, 0.2) is 48.8 Å². The van der Waals surface area contributed by atoms with E-state index in [1.165, 1.54) is 0 Å². The van der Waals surface area contributed by atoms with Crippen molar-refractivity contribution in [3.8, 4) is 5.75 Å². The maximum Gasteiger partial charge on any atom is 0.307 e. The van der Waals surface area contributed by atoms with Gasteiger partial charge in [0.1, 0.15) is 5.75 Å². The van der Waals surface area contributed by atoms with Crippen LogP contribution in [-0.4, -0.2) is 22.7 Å². The highest BCUT2D eigenvalue weighted by atomic mass is 16.5. The Morgan fingerprint density at radius 1 is 1.21 bits per heavy atom. The molecular formula is C15H15NO3. The summed E-state index contributed by atoms with van der Waals surface area (Å²) in [6, 6.07) is 11.1. The van der Waals surface area contributed by atoms with Gasteiger partial charge in [-0.25, -0.2) is 0 Å². The van der Waals surface area contributed by atoms with E-state index in [1.54, 1.807) is 24.4 Å². The first kappa shape index (κ1) is 13.1. The van der Waals surface area contributed by atoms with Crippen molar-refractivity contribution in [1.29, 1.82) is 0 Å².